The van der Waals surface area contributed by atoms with Gasteiger partial charge in [-0.3, -0.25) is 0 Å². The van der Waals surface area contributed by atoms with E-state index in [-0.39, 0.29) is 23.6 Å². The molecule has 1 unspecified atom stereocenters. The summed E-state index contributed by atoms with van der Waals surface area (Å²) in [6, 6.07) is -0.0715. The highest BCUT2D eigenvalue weighted by Gasteiger charge is 2.47. The highest BCUT2D eigenvalue weighted by Crippen LogP contribution is 2.45. The van der Waals surface area contributed by atoms with E-state index in [2.05, 4.69) is 0 Å². The van der Waals surface area contributed by atoms with E-state index in [1.165, 1.54) is 0 Å². The van der Waals surface area contributed by atoms with Gasteiger partial charge in [-0.15, -0.1) is 0 Å². The Labute approximate surface area is 106 Å². The molecule has 0 aromatic carbocycles. The predicted molar refractivity (Wildman–Crippen MR) is 72.1 cm³/mol. The maximum absolute atomic E-state index is 10.3. The Bertz CT molecular complexity index is 267. The van der Waals surface area contributed by atoms with Crippen LogP contribution in [0.3, 0.4) is 0 Å². The average Bonchev–Trinajstić information content (AvgIpc) is 2.43. The molecule has 1 heterocycles. The summed E-state index contributed by atoms with van der Waals surface area (Å²) in [5.41, 5.74) is 0. The van der Waals surface area contributed by atoms with Gasteiger partial charge in [0.2, 0.25) is 0 Å². The third-order valence-electron chi connectivity index (χ3n) is 4.39. The fourth-order valence-electron chi connectivity index (χ4n) is 2.29. The molecule has 0 saturated carbocycles. The van der Waals surface area contributed by atoms with Crippen molar-refractivity contribution in [2.45, 2.75) is 56.6 Å². The van der Waals surface area contributed by atoms with Gasteiger partial charge in [0.05, 0.1) is 12.7 Å². The Morgan fingerprint density at radius 3 is 2.24 bits per heavy atom. The van der Waals surface area contributed by atoms with E-state index in [9.17, 15) is 9.90 Å². The Balaban J connectivity index is 2.75. The molecule has 0 amide bonds. The van der Waals surface area contributed by atoms with Gasteiger partial charge < -0.3 is 19.7 Å². The molecule has 1 fully saturated rings. The van der Waals surface area contributed by atoms with E-state index in [0.29, 0.717) is 0 Å². The second-order valence-electron chi connectivity index (χ2n) is 6.36. The fraction of sp³-hybridized carbons (Fsp3) is 1.00. The number of ether oxygens (including phenoxy) is 1. The molecule has 3 N–H and O–H groups in total. The number of rotatable bonds is 4. The molecule has 0 aliphatic carbocycles. The summed E-state index contributed by atoms with van der Waals surface area (Å²) < 4.78 is 5.53. The van der Waals surface area contributed by atoms with Crippen LogP contribution in [0.5, 0.6) is 0 Å². The van der Waals surface area contributed by atoms with Gasteiger partial charge in [0.15, 0.2) is 8.32 Å². The third kappa shape index (κ3) is 3.12. The molecule has 6 heteroatoms. The molecule has 1 aliphatic rings. The van der Waals surface area contributed by atoms with Crippen LogP contribution in [0.25, 0.3) is 0 Å². The van der Waals surface area contributed by atoms with E-state index in [0.717, 1.165) is 6.42 Å². The lowest BCUT2D eigenvalue weighted by Gasteiger charge is -2.38. The Morgan fingerprint density at radius 1 is 1.35 bits per heavy atom. The normalized spacial score (nSPS) is 35.2. The minimum atomic E-state index is -2.27. The lowest BCUT2D eigenvalue weighted by molar-refractivity contribution is -0.00532. The van der Waals surface area contributed by atoms with Gasteiger partial charge in [-0.25, -0.2) is 0 Å². The van der Waals surface area contributed by atoms with Gasteiger partial charge in [0.25, 0.3) is 0 Å². The first kappa shape index (κ1) is 15.2. The number of hydrogen-bond acceptors (Lipinski definition) is 4. The predicted octanol–water partition coefficient (Wildman–Crippen LogP) is -0.319. The molecule has 0 radical (unpaired) electrons. The zero-order valence-corrected chi connectivity index (χ0v) is 12.5. The molecule has 1 rings (SSSR count). The molecular formula is C11H25BO4Si. The third-order valence-corrected chi connectivity index (χ3v) is 7.91. The molecule has 17 heavy (non-hydrogen) atoms. The lowest BCUT2D eigenvalue weighted by Crippen LogP contribution is -2.43. The molecule has 0 aromatic heterocycles. The highest BCUT2D eigenvalue weighted by molar-refractivity contribution is 6.72. The Hall–Kier alpha value is 0.122. The van der Waals surface area contributed by atoms with Crippen molar-refractivity contribution in [2.75, 3.05) is 6.61 Å². The van der Waals surface area contributed by atoms with Crippen LogP contribution in [0.2, 0.25) is 18.1 Å². The van der Waals surface area contributed by atoms with Gasteiger partial charge in [-0.1, -0.05) is 13.8 Å². The minimum absolute atomic E-state index is 0.0129. The Kier molecular flexibility index (Phi) is 4.48. The van der Waals surface area contributed by atoms with E-state index < -0.39 is 20.5 Å². The minimum Gasteiger partial charge on any atom is -0.432 e. The second kappa shape index (κ2) is 5.01. The van der Waals surface area contributed by atoms with Gasteiger partial charge in [-0.05, 0) is 24.6 Å². The first-order valence-corrected chi connectivity index (χ1v) is 9.21. The summed E-state index contributed by atoms with van der Waals surface area (Å²) in [4.78, 5) is 10.3. The summed E-state index contributed by atoms with van der Waals surface area (Å²) in [6.45, 7) is 7.78. The van der Waals surface area contributed by atoms with Crippen LogP contribution in [-0.4, -0.2) is 56.0 Å². The van der Waals surface area contributed by atoms with Crippen molar-refractivity contribution >= 4 is 16.2 Å². The van der Waals surface area contributed by atoms with Crippen molar-refractivity contribution in [1.82, 2.24) is 0 Å². The first-order valence-electron chi connectivity index (χ1n) is 6.27. The number of aliphatic hydroxyl groups excluding tert-OH is 2. The van der Waals surface area contributed by atoms with Crippen molar-refractivity contribution in [3.05, 3.63) is 0 Å². The topological polar surface area (TPSA) is 69.9 Å². The molecule has 100 valence electrons. The zero-order chi connectivity index (χ0) is 13.4. The molecule has 0 aromatic rings. The van der Waals surface area contributed by atoms with E-state index >= 15 is 0 Å². The number of hydrogen-bond donors (Lipinski definition) is 3. The zero-order valence-electron chi connectivity index (χ0n) is 11.5. The lowest BCUT2D eigenvalue weighted by atomic mass is 9.79. The second-order valence-corrected chi connectivity index (χ2v) is 10.8. The SMILES string of the molecule is B[C@@H]1O[C@H](CO)[C@H](O)C1CC(C)(C)[Si](C)(C)O. The average molecular weight is 260 g/mol. The number of aliphatic hydroxyl groups is 2. The van der Waals surface area contributed by atoms with Crippen LogP contribution in [0.15, 0.2) is 0 Å². The van der Waals surface area contributed by atoms with Crippen LogP contribution in [0.1, 0.15) is 20.3 Å². The summed E-state index contributed by atoms with van der Waals surface area (Å²) in [5.74, 6) is -0.0129. The van der Waals surface area contributed by atoms with Gasteiger partial charge in [-0.2, -0.15) is 0 Å². The quantitative estimate of drug-likeness (QED) is 0.606. The maximum atomic E-state index is 10.3. The van der Waals surface area contributed by atoms with E-state index in [1.54, 1.807) is 0 Å². The summed E-state index contributed by atoms with van der Waals surface area (Å²) >= 11 is 0. The Morgan fingerprint density at radius 2 is 1.88 bits per heavy atom. The van der Waals surface area contributed by atoms with Crippen molar-refractivity contribution in [1.29, 1.82) is 0 Å². The molecule has 4 nitrogen and oxygen atoms in total. The highest BCUT2D eigenvalue weighted by atomic mass is 28.4. The van der Waals surface area contributed by atoms with Gasteiger partial charge in [0.1, 0.15) is 14.0 Å². The van der Waals surface area contributed by atoms with Gasteiger partial charge >= 0.3 is 0 Å². The van der Waals surface area contributed by atoms with Crippen LogP contribution in [0, 0.1) is 5.92 Å². The van der Waals surface area contributed by atoms with E-state index in [4.69, 9.17) is 9.84 Å². The van der Waals surface area contributed by atoms with Crippen molar-refractivity contribution in [2.24, 2.45) is 5.92 Å². The molecule has 1 saturated heterocycles. The summed E-state index contributed by atoms with van der Waals surface area (Å²) in [7, 11) is -0.351. The molecule has 0 spiro atoms. The molecule has 4 atom stereocenters. The van der Waals surface area contributed by atoms with Crippen LogP contribution in [0.4, 0.5) is 0 Å². The maximum Gasteiger partial charge on any atom is 0.188 e. The van der Waals surface area contributed by atoms with E-state index in [1.807, 2.05) is 34.8 Å². The first-order chi connectivity index (χ1) is 7.60. The van der Waals surface area contributed by atoms with Crippen molar-refractivity contribution in [3.63, 3.8) is 0 Å². The smallest absolute Gasteiger partial charge is 0.188 e. The van der Waals surface area contributed by atoms with Crippen LogP contribution in [-0.2, 0) is 4.74 Å². The standard InChI is InChI=1S/C11H25BO4Si/c1-11(2,17(3,4)15)5-7-9(14)8(6-13)16-10(7)12/h7-10,13-15H,5-6,12H2,1-4H3/t7?,8-,9-,10-/m1/s1. The molecule has 0 bridgehead atoms. The molecule has 1 aliphatic heterocycles. The van der Waals surface area contributed by atoms with Crippen LogP contribution < -0.4 is 0 Å². The molecular weight excluding hydrogens is 235 g/mol. The summed E-state index contributed by atoms with van der Waals surface area (Å²) in [6.07, 6.45) is -0.387. The van der Waals surface area contributed by atoms with Crippen molar-refractivity contribution in [3.8, 4) is 0 Å². The monoisotopic (exact) mass is 260 g/mol. The largest absolute Gasteiger partial charge is 0.432 e. The van der Waals surface area contributed by atoms with Crippen LogP contribution >= 0.6 is 0 Å². The summed E-state index contributed by atoms with van der Waals surface area (Å²) in [5, 5.41) is 19.0. The van der Waals surface area contributed by atoms with Crippen molar-refractivity contribution < 1.29 is 19.7 Å². The van der Waals surface area contributed by atoms with Gasteiger partial charge in [0, 0.05) is 11.9 Å². The fourth-order valence-corrected chi connectivity index (χ4v) is 3.02.